The number of carbonyl (C=O) groups excluding carboxylic acids is 2. The summed E-state index contributed by atoms with van der Waals surface area (Å²) in [6.07, 6.45) is 0. The number of anilines is 1. The van der Waals surface area contributed by atoms with E-state index in [0.717, 1.165) is 37.6 Å². The topological polar surface area (TPSA) is 73.9 Å². The van der Waals surface area contributed by atoms with Crippen molar-refractivity contribution in [1.82, 2.24) is 15.5 Å². The number of imide groups is 1. The van der Waals surface area contributed by atoms with E-state index in [1.165, 1.54) is 0 Å². The van der Waals surface area contributed by atoms with Crippen LogP contribution in [0.2, 0.25) is 0 Å². The number of nitrogens with one attached hydrogen (secondary N) is 2. The lowest BCUT2D eigenvalue weighted by atomic mass is 10.2. The molecular weight excluding hydrogens is 308 g/mol. The lowest BCUT2D eigenvalue weighted by Gasteiger charge is -2.35. The number of amides is 3. The minimum Gasteiger partial charge on any atom is -0.497 e. The highest BCUT2D eigenvalue weighted by Gasteiger charge is 2.20. The fourth-order valence-electron chi connectivity index (χ4n) is 2.64. The van der Waals surface area contributed by atoms with E-state index < -0.39 is 6.03 Å². The van der Waals surface area contributed by atoms with Crippen molar-refractivity contribution < 1.29 is 14.3 Å². The Labute approximate surface area is 142 Å². The molecule has 1 aromatic carbocycles. The summed E-state index contributed by atoms with van der Waals surface area (Å²) >= 11 is 0. The fraction of sp³-hybridized carbons (Fsp3) is 0.529. The van der Waals surface area contributed by atoms with Gasteiger partial charge in [-0.1, -0.05) is 6.07 Å². The molecule has 1 aromatic rings. The normalized spacial score (nSPS) is 15.2. The molecule has 1 aliphatic rings. The fourth-order valence-corrected chi connectivity index (χ4v) is 2.64. The average molecular weight is 334 g/mol. The third-order valence-electron chi connectivity index (χ3n) is 3.83. The standard InChI is InChI=1S/C17H26N4O3/c1-13(2)18-17(23)19-16(22)12-20-7-9-21(10-8-20)14-5-4-6-15(11-14)24-3/h4-6,11,13H,7-10,12H2,1-3H3,(H2,18,19,22,23). The van der Waals surface area contributed by atoms with Crippen LogP contribution in [-0.4, -0.2) is 62.7 Å². The van der Waals surface area contributed by atoms with Crippen molar-refractivity contribution in [3.63, 3.8) is 0 Å². The Bertz CT molecular complexity index is 569. The van der Waals surface area contributed by atoms with Crippen LogP contribution in [0.4, 0.5) is 10.5 Å². The van der Waals surface area contributed by atoms with Gasteiger partial charge in [0.05, 0.1) is 13.7 Å². The predicted octanol–water partition coefficient (Wildman–Crippen LogP) is 1.05. The molecule has 2 rings (SSSR count). The van der Waals surface area contributed by atoms with Gasteiger partial charge in [-0.25, -0.2) is 4.79 Å². The molecule has 3 amide bonds. The van der Waals surface area contributed by atoms with Gasteiger partial charge < -0.3 is 15.0 Å². The Kier molecular flexibility index (Phi) is 6.43. The molecule has 1 heterocycles. The number of ether oxygens (including phenoxy) is 1. The summed E-state index contributed by atoms with van der Waals surface area (Å²) in [7, 11) is 1.66. The van der Waals surface area contributed by atoms with Gasteiger partial charge in [0.2, 0.25) is 5.91 Å². The summed E-state index contributed by atoms with van der Waals surface area (Å²) in [5.74, 6) is 0.563. The second kappa shape index (κ2) is 8.54. The number of benzene rings is 1. The van der Waals surface area contributed by atoms with E-state index in [9.17, 15) is 9.59 Å². The van der Waals surface area contributed by atoms with Crippen molar-refractivity contribution in [3.05, 3.63) is 24.3 Å². The van der Waals surface area contributed by atoms with Gasteiger partial charge in [0.1, 0.15) is 5.75 Å². The van der Waals surface area contributed by atoms with Crippen LogP contribution >= 0.6 is 0 Å². The number of hydrogen-bond acceptors (Lipinski definition) is 5. The first kappa shape index (κ1) is 18.1. The smallest absolute Gasteiger partial charge is 0.321 e. The van der Waals surface area contributed by atoms with Crippen LogP contribution in [0.15, 0.2) is 24.3 Å². The first-order chi connectivity index (χ1) is 11.5. The average Bonchev–Trinajstić information content (AvgIpc) is 2.54. The summed E-state index contributed by atoms with van der Waals surface area (Å²) < 4.78 is 5.26. The molecule has 7 nitrogen and oxygen atoms in total. The molecule has 132 valence electrons. The van der Waals surface area contributed by atoms with Gasteiger partial charge in [0.15, 0.2) is 0 Å². The van der Waals surface area contributed by atoms with Crippen LogP contribution in [0.25, 0.3) is 0 Å². The van der Waals surface area contributed by atoms with Gasteiger partial charge >= 0.3 is 6.03 Å². The Morgan fingerprint density at radius 2 is 1.92 bits per heavy atom. The van der Waals surface area contributed by atoms with Crippen LogP contribution < -0.4 is 20.3 Å². The van der Waals surface area contributed by atoms with Gasteiger partial charge in [0, 0.05) is 44.0 Å². The van der Waals surface area contributed by atoms with Gasteiger partial charge in [0.25, 0.3) is 0 Å². The van der Waals surface area contributed by atoms with E-state index >= 15 is 0 Å². The highest BCUT2D eigenvalue weighted by Crippen LogP contribution is 2.21. The van der Waals surface area contributed by atoms with Crippen molar-refractivity contribution in [3.8, 4) is 5.75 Å². The maximum atomic E-state index is 11.9. The van der Waals surface area contributed by atoms with E-state index in [0.29, 0.717) is 0 Å². The number of urea groups is 1. The van der Waals surface area contributed by atoms with Crippen LogP contribution in [-0.2, 0) is 4.79 Å². The summed E-state index contributed by atoms with van der Waals surface area (Å²) in [4.78, 5) is 27.7. The molecule has 0 aliphatic carbocycles. The first-order valence-corrected chi connectivity index (χ1v) is 8.19. The highest BCUT2D eigenvalue weighted by atomic mass is 16.5. The number of hydrogen-bond donors (Lipinski definition) is 2. The predicted molar refractivity (Wildman–Crippen MR) is 93.5 cm³/mol. The maximum absolute atomic E-state index is 11.9. The lowest BCUT2D eigenvalue weighted by molar-refractivity contribution is -0.121. The zero-order chi connectivity index (χ0) is 17.5. The number of methoxy groups -OCH3 is 1. The molecule has 0 spiro atoms. The molecule has 0 radical (unpaired) electrons. The highest BCUT2D eigenvalue weighted by molar-refractivity contribution is 5.95. The van der Waals surface area contributed by atoms with Crippen LogP contribution in [0.1, 0.15) is 13.8 Å². The van der Waals surface area contributed by atoms with Crippen molar-refractivity contribution in [2.45, 2.75) is 19.9 Å². The molecule has 0 atom stereocenters. The first-order valence-electron chi connectivity index (χ1n) is 8.19. The zero-order valence-electron chi connectivity index (χ0n) is 14.5. The third-order valence-corrected chi connectivity index (χ3v) is 3.83. The van der Waals surface area contributed by atoms with Gasteiger partial charge in [-0.2, -0.15) is 0 Å². The number of carbonyl (C=O) groups is 2. The summed E-state index contributed by atoms with van der Waals surface area (Å²) in [5, 5.41) is 5.00. The number of rotatable bonds is 5. The molecule has 7 heteroatoms. The molecule has 2 N–H and O–H groups in total. The van der Waals surface area contributed by atoms with Gasteiger partial charge in [-0.3, -0.25) is 15.0 Å². The molecule has 1 fully saturated rings. The Morgan fingerprint density at radius 3 is 2.54 bits per heavy atom. The Balaban J connectivity index is 1.78. The molecule has 24 heavy (non-hydrogen) atoms. The van der Waals surface area contributed by atoms with Crippen molar-refractivity contribution in [1.29, 1.82) is 0 Å². The zero-order valence-corrected chi connectivity index (χ0v) is 14.5. The molecule has 1 saturated heterocycles. The minimum atomic E-state index is -0.440. The Hall–Kier alpha value is -2.28. The molecule has 1 aliphatic heterocycles. The van der Waals surface area contributed by atoms with E-state index in [4.69, 9.17) is 4.74 Å². The van der Waals surface area contributed by atoms with Crippen molar-refractivity contribution in [2.24, 2.45) is 0 Å². The van der Waals surface area contributed by atoms with E-state index in [1.807, 2.05) is 32.0 Å². The van der Waals surface area contributed by atoms with Crippen molar-refractivity contribution in [2.75, 3.05) is 44.7 Å². The van der Waals surface area contributed by atoms with Crippen LogP contribution in [0, 0.1) is 0 Å². The van der Waals surface area contributed by atoms with Crippen LogP contribution in [0.5, 0.6) is 5.75 Å². The Morgan fingerprint density at radius 1 is 1.21 bits per heavy atom. The summed E-state index contributed by atoms with van der Waals surface area (Å²) in [6, 6.07) is 7.53. The summed E-state index contributed by atoms with van der Waals surface area (Å²) in [6.45, 7) is 7.14. The third kappa shape index (κ3) is 5.42. The maximum Gasteiger partial charge on any atom is 0.321 e. The van der Waals surface area contributed by atoms with Crippen molar-refractivity contribution >= 4 is 17.6 Å². The van der Waals surface area contributed by atoms with Crippen LogP contribution in [0.3, 0.4) is 0 Å². The second-order valence-corrected chi connectivity index (χ2v) is 6.14. The molecular formula is C17H26N4O3. The van der Waals surface area contributed by atoms with E-state index in [2.05, 4.69) is 26.5 Å². The van der Waals surface area contributed by atoms with E-state index in [1.54, 1.807) is 7.11 Å². The molecule has 0 unspecified atom stereocenters. The second-order valence-electron chi connectivity index (χ2n) is 6.14. The SMILES string of the molecule is COc1cccc(N2CCN(CC(=O)NC(=O)NC(C)C)CC2)c1. The largest absolute Gasteiger partial charge is 0.497 e. The molecule has 0 saturated carbocycles. The quantitative estimate of drug-likeness (QED) is 0.842. The lowest BCUT2D eigenvalue weighted by Crippen LogP contribution is -2.51. The monoisotopic (exact) mass is 334 g/mol. The molecule has 0 bridgehead atoms. The number of nitrogens with zero attached hydrogens (tertiary/aromatic N) is 2. The van der Waals surface area contributed by atoms with Gasteiger partial charge in [-0.05, 0) is 26.0 Å². The summed E-state index contributed by atoms with van der Waals surface area (Å²) in [5.41, 5.74) is 1.12. The van der Waals surface area contributed by atoms with E-state index in [-0.39, 0.29) is 18.5 Å². The minimum absolute atomic E-state index is 0.00390. The molecule has 0 aromatic heterocycles. The number of piperazine rings is 1. The van der Waals surface area contributed by atoms with Gasteiger partial charge in [-0.15, -0.1) is 0 Å².